The van der Waals surface area contributed by atoms with Crippen molar-refractivity contribution in [2.24, 2.45) is 5.73 Å². The molecular formula is C13H23N3O2. The van der Waals surface area contributed by atoms with Gasteiger partial charge in [0.05, 0.1) is 0 Å². The van der Waals surface area contributed by atoms with Gasteiger partial charge < -0.3 is 15.0 Å². The van der Waals surface area contributed by atoms with Crippen molar-refractivity contribution in [2.45, 2.75) is 64.0 Å². The maximum atomic E-state index is 5.90. The standard InChI is InChI=1S/C13H23N3O2/c1-3-11(17-4-2)12-15-13(18-16-12)9-5-7-10(14)8-6-9/h9-11H,3-8,14H2,1-2H3. The van der Waals surface area contributed by atoms with Gasteiger partial charge in [-0.1, -0.05) is 12.1 Å². The number of hydrogen-bond donors (Lipinski definition) is 1. The third-order valence-corrected chi connectivity index (χ3v) is 3.61. The van der Waals surface area contributed by atoms with E-state index in [1.165, 1.54) is 0 Å². The first-order valence-corrected chi connectivity index (χ1v) is 6.95. The van der Waals surface area contributed by atoms with Crippen LogP contribution in [0.5, 0.6) is 0 Å². The molecule has 0 radical (unpaired) electrons. The average Bonchev–Trinajstić information content (AvgIpc) is 2.86. The zero-order chi connectivity index (χ0) is 13.0. The van der Waals surface area contributed by atoms with E-state index in [4.69, 9.17) is 15.0 Å². The second-order valence-electron chi connectivity index (χ2n) is 4.95. The number of nitrogens with zero attached hydrogens (tertiary/aromatic N) is 2. The Morgan fingerprint density at radius 1 is 1.33 bits per heavy atom. The number of nitrogens with two attached hydrogens (primary N) is 1. The van der Waals surface area contributed by atoms with Gasteiger partial charge in [0, 0.05) is 18.6 Å². The van der Waals surface area contributed by atoms with Crippen LogP contribution in [0.4, 0.5) is 0 Å². The number of rotatable bonds is 5. The van der Waals surface area contributed by atoms with Gasteiger partial charge in [0.15, 0.2) is 0 Å². The summed E-state index contributed by atoms with van der Waals surface area (Å²) in [5.41, 5.74) is 5.90. The van der Waals surface area contributed by atoms with Crippen LogP contribution < -0.4 is 5.73 Å². The first-order valence-electron chi connectivity index (χ1n) is 6.95. The molecule has 2 rings (SSSR count). The van der Waals surface area contributed by atoms with Gasteiger partial charge in [0.2, 0.25) is 11.7 Å². The van der Waals surface area contributed by atoms with Crippen LogP contribution in [0.1, 0.15) is 69.7 Å². The van der Waals surface area contributed by atoms with Crippen LogP contribution in [0.25, 0.3) is 0 Å². The third-order valence-electron chi connectivity index (χ3n) is 3.61. The number of hydrogen-bond acceptors (Lipinski definition) is 5. The normalized spacial score (nSPS) is 26.2. The molecule has 0 amide bonds. The summed E-state index contributed by atoms with van der Waals surface area (Å²) in [6, 6.07) is 0.343. The molecule has 2 N–H and O–H groups in total. The summed E-state index contributed by atoms with van der Waals surface area (Å²) in [5.74, 6) is 1.82. The van der Waals surface area contributed by atoms with Crippen molar-refractivity contribution in [2.75, 3.05) is 6.61 Å². The maximum absolute atomic E-state index is 5.90. The Kier molecular flexibility index (Phi) is 4.72. The Balaban J connectivity index is 2.00. The lowest BCUT2D eigenvalue weighted by Crippen LogP contribution is -2.25. The Morgan fingerprint density at radius 3 is 2.67 bits per heavy atom. The molecule has 0 aliphatic heterocycles. The molecule has 1 aliphatic carbocycles. The minimum atomic E-state index is -0.0432. The molecule has 1 heterocycles. The lowest BCUT2D eigenvalue weighted by atomic mass is 9.86. The van der Waals surface area contributed by atoms with Gasteiger partial charge in [-0.15, -0.1) is 0 Å². The molecule has 1 aromatic heterocycles. The topological polar surface area (TPSA) is 74.2 Å². The van der Waals surface area contributed by atoms with E-state index in [9.17, 15) is 0 Å². The van der Waals surface area contributed by atoms with Gasteiger partial charge in [0.1, 0.15) is 6.10 Å². The Bertz CT molecular complexity index is 359. The highest BCUT2D eigenvalue weighted by Crippen LogP contribution is 2.32. The maximum Gasteiger partial charge on any atom is 0.229 e. The summed E-state index contributed by atoms with van der Waals surface area (Å²) < 4.78 is 11.0. The van der Waals surface area contributed by atoms with Gasteiger partial charge in [0.25, 0.3) is 0 Å². The van der Waals surface area contributed by atoms with E-state index >= 15 is 0 Å². The molecule has 0 bridgehead atoms. The van der Waals surface area contributed by atoms with Crippen LogP contribution in [0, 0.1) is 0 Å². The van der Waals surface area contributed by atoms with Crippen LogP contribution in [-0.2, 0) is 4.74 Å². The Morgan fingerprint density at radius 2 is 2.06 bits per heavy atom. The zero-order valence-electron chi connectivity index (χ0n) is 11.3. The second-order valence-corrected chi connectivity index (χ2v) is 4.95. The highest BCUT2D eigenvalue weighted by atomic mass is 16.5. The fourth-order valence-electron chi connectivity index (χ4n) is 2.49. The van der Waals surface area contributed by atoms with Crippen LogP contribution >= 0.6 is 0 Å². The predicted octanol–water partition coefficient (Wildman–Crippen LogP) is 2.54. The zero-order valence-corrected chi connectivity index (χ0v) is 11.3. The van der Waals surface area contributed by atoms with E-state index in [1.807, 2.05) is 6.92 Å². The second kappa shape index (κ2) is 6.29. The molecule has 1 saturated carbocycles. The van der Waals surface area contributed by atoms with Gasteiger partial charge in [-0.05, 0) is 39.0 Å². The summed E-state index contributed by atoms with van der Waals surface area (Å²) >= 11 is 0. The Hall–Kier alpha value is -0.940. The van der Waals surface area contributed by atoms with Crippen molar-refractivity contribution in [1.82, 2.24) is 10.1 Å². The van der Waals surface area contributed by atoms with E-state index in [0.29, 0.717) is 24.4 Å². The fourth-order valence-corrected chi connectivity index (χ4v) is 2.49. The van der Waals surface area contributed by atoms with Crippen molar-refractivity contribution in [3.8, 4) is 0 Å². The molecule has 0 saturated heterocycles. The summed E-state index contributed by atoms with van der Waals surface area (Å²) in [6.07, 6.45) is 5.01. The van der Waals surface area contributed by atoms with Crippen LogP contribution in [0.2, 0.25) is 0 Å². The fraction of sp³-hybridized carbons (Fsp3) is 0.846. The Labute approximate surface area is 108 Å². The SMILES string of the molecule is CCOC(CC)c1noc(C2CCC(N)CC2)n1. The highest BCUT2D eigenvalue weighted by molar-refractivity contribution is 4.98. The van der Waals surface area contributed by atoms with E-state index < -0.39 is 0 Å². The monoisotopic (exact) mass is 253 g/mol. The van der Waals surface area contributed by atoms with E-state index in [1.54, 1.807) is 0 Å². The van der Waals surface area contributed by atoms with Crippen molar-refractivity contribution in [3.63, 3.8) is 0 Å². The summed E-state index contributed by atoms with van der Waals surface area (Å²) in [4.78, 5) is 4.51. The van der Waals surface area contributed by atoms with E-state index in [2.05, 4.69) is 17.1 Å². The van der Waals surface area contributed by atoms with E-state index in [0.717, 1.165) is 38.0 Å². The molecule has 1 fully saturated rings. The predicted molar refractivity (Wildman–Crippen MR) is 68.1 cm³/mol. The molecule has 1 aromatic rings. The molecule has 1 aliphatic rings. The minimum absolute atomic E-state index is 0.0432. The molecule has 1 atom stereocenters. The first-order chi connectivity index (χ1) is 8.74. The van der Waals surface area contributed by atoms with Gasteiger partial charge in [-0.2, -0.15) is 4.98 Å². The summed E-state index contributed by atoms with van der Waals surface area (Å²) in [7, 11) is 0. The molecular weight excluding hydrogens is 230 g/mol. The summed E-state index contributed by atoms with van der Waals surface area (Å²) in [5, 5.41) is 4.06. The lowest BCUT2D eigenvalue weighted by molar-refractivity contribution is 0.0518. The molecule has 0 spiro atoms. The molecule has 5 nitrogen and oxygen atoms in total. The third kappa shape index (κ3) is 3.09. The summed E-state index contributed by atoms with van der Waals surface area (Å²) in [6.45, 7) is 4.71. The van der Waals surface area contributed by atoms with E-state index in [-0.39, 0.29) is 6.10 Å². The lowest BCUT2D eigenvalue weighted by Gasteiger charge is -2.23. The molecule has 0 aromatic carbocycles. The van der Waals surface area contributed by atoms with Crippen molar-refractivity contribution in [3.05, 3.63) is 11.7 Å². The van der Waals surface area contributed by atoms with Crippen molar-refractivity contribution in [1.29, 1.82) is 0 Å². The largest absolute Gasteiger partial charge is 0.370 e. The smallest absolute Gasteiger partial charge is 0.229 e. The molecule has 5 heteroatoms. The molecule has 1 unspecified atom stereocenters. The van der Waals surface area contributed by atoms with Crippen molar-refractivity contribution < 1.29 is 9.26 Å². The molecule has 102 valence electrons. The average molecular weight is 253 g/mol. The highest BCUT2D eigenvalue weighted by Gasteiger charge is 2.26. The van der Waals surface area contributed by atoms with Crippen LogP contribution in [0.15, 0.2) is 4.52 Å². The van der Waals surface area contributed by atoms with Crippen molar-refractivity contribution >= 4 is 0 Å². The quantitative estimate of drug-likeness (QED) is 0.872. The minimum Gasteiger partial charge on any atom is -0.370 e. The van der Waals surface area contributed by atoms with Crippen LogP contribution in [0.3, 0.4) is 0 Å². The van der Waals surface area contributed by atoms with Gasteiger partial charge in [-0.3, -0.25) is 0 Å². The van der Waals surface area contributed by atoms with Gasteiger partial charge in [-0.25, -0.2) is 0 Å². The van der Waals surface area contributed by atoms with Gasteiger partial charge >= 0.3 is 0 Å². The first kappa shape index (κ1) is 13.5. The number of ether oxygens (including phenoxy) is 1. The number of aromatic nitrogens is 2. The van der Waals surface area contributed by atoms with Crippen LogP contribution in [-0.4, -0.2) is 22.8 Å². The molecule has 18 heavy (non-hydrogen) atoms.